The standard InChI is InChI=1S/C17H20ClNO4/c1-16-6-7-17(2,23-16)13(15(21)22)12(16)14(20)19-9-10-4-3-5-11(18)8-10/h3-5,8,12-13H,6-7,9H2,1-2H3,(H,19,20)(H,21,22). The number of benzene rings is 1. The van der Waals surface area contributed by atoms with E-state index in [0.29, 0.717) is 24.4 Å². The third-order valence-electron chi connectivity index (χ3n) is 5.14. The Labute approximate surface area is 140 Å². The molecule has 6 heteroatoms. The molecule has 0 spiro atoms. The van der Waals surface area contributed by atoms with Crippen LogP contribution in [0.15, 0.2) is 24.3 Å². The number of hydrogen-bond donors (Lipinski definition) is 2. The van der Waals surface area contributed by atoms with E-state index in [1.54, 1.807) is 19.1 Å². The Bertz CT molecular complexity index is 664. The molecule has 0 aliphatic carbocycles. The number of carbonyl (C=O) groups excluding carboxylic acids is 1. The van der Waals surface area contributed by atoms with Crippen molar-refractivity contribution in [2.45, 2.75) is 44.4 Å². The number of carboxylic acid groups (broad SMARTS) is 1. The molecule has 2 N–H and O–H groups in total. The molecule has 4 unspecified atom stereocenters. The number of amides is 1. The fraction of sp³-hybridized carbons (Fsp3) is 0.529. The zero-order valence-electron chi connectivity index (χ0n) is 13.1. The van der Waals surface area contributed by atoms with Crippen LogP contribution in [0.4, 0.5) is 0 Å². The van der Waals surface area contributed by atoms with Crippen LogP contribution in [0.3, 0.4) is 0 Å². The molecule has 2 bridgehead atoms. The summed E-state index contributed by atoms with van der Waals surface area (Å²) in [6, 6.07) is 7.21. The van der Waals surface area contributed by atoms with Gasteiger partial charge < -0.3 is 15.2 Å². The number of ether oxygens (including phenoxy) is 1. The summed E-state index contributed by atoms with van der Waals surface area (Å²) in [5, 5.41) is 13.0. The van der Waals surface area contributed by atoms with Crippen LogP contribution < -0.4 is 5.32 Å². The molecule has 2 fully saturated rings. The number of fused-ring (bicyclic) bond motifs is 2. The zero-order valence-corrected chi connectivity index (χ0v) is 13.9. The summed E-state index contributed by atoms with van der Waals surface area (Å²) >= 11 is 5.93. The maximum absolute atomic E-state index is 12.7. The molecule has 1 aromatic carbocycles. The number of halogens is 1. The van der Waals surface area contributed by atoms with Gasteiger partial charge in [-0.3, -0.25) is 9.59 Å². The maximum Gasteiger partial charge on any atom is 0.310 e. The van der Waals surface area contributed by atoms with Crippen molar-refractivity contribution in [3.63, 3.8) is 0 Å². The molecule has 3 rings (SSSR count). The highest BCUT2D eigenvalue weighted by atomic mass is 35.5. The van der Waals surface area contributed by atoms with Crippen LogP contribution >= 0.6 is 11.6 Å². The fourth-order valence-corrected chi connectivity index (χ4v) is 4.27. The second-order valence-corrected chi connectivity index (χ2v) is 7.31. The fourth-order valence-electron chi connectivity index (χ4n) is 4.05. The van der Waals surface area contributed by atoms with Crippen LogP contribution in [-0.2, 0) is 20.9 Å². The lowest BCUT2D eigenvalue weighted by Gasteiger charge is -2.32. The molecule has 5 nitrogen and oxygen atoms in total. The van der Waals surface area contributed by atoms with E-state index in [4.69, 9.17) is 16.3 Å². The smallest absolute Gasteiger partial charge is 0.310 e. The van der Waals surface area contributed by atoms with Gasteiger partial charge in [0.2, 0.25) is 5.91 Å². The largest absolute Gasteiger partial charge is 0.481 e. The maximum atomic E-state index is 12.7. The zero-order chi connectivity index (χ0) is 16.8. The summed E-state index contributed by atoms with van der Waals surface area (Å²) in [6.45, 7) is 3.95. The summed E-state index contributed by atoms with van der Waals surface area (Å²) in [6.07, 6.45) is 1.36. The normalized spacial score (nSPS) is 35.3. The Morgan fingerprint density at radius 1 is 1.30 bits per heavy atom. The van der Waals surface area contributed by atoms with Crippen LogP contribution in [0.25, 0.3) is 0 Å². The first kappa shape index (κ1) is 16.3. The van der Waals surface area contributed by atoms with Crippen molar-refractivity contribution in [2.75, 3.05) is 0 Å². The average molecular weight is 338 g/mol. The lowest BCUT2D eigenvalue weighted by Crippen LogP contribution is -2.50. The summed E-state index contributed by atoms with van der Waals surface area (Å²) in [5.74, 6) is -2.75. The van der Waals surface area contributed by atoms with E-state index in [2.05, 4.69) is 5.32 Å². The van der Waals surface area contributed by atoms with Gasteiger partial charge in [-0.1, -0.05) is 23.7 Å². The van der Waals surface area contributed by atoms with Gasteiger partial charge in [0.25, 0.3) is 0 Å². The minimum absolute atomic E-state index is 0.275. The highest BCUT2D eigenvalue weighted by Gasteiger charge is 2.67. The third kappa shape index (κ3) is 2.72. The van der Waals surface area contributed by atoms with E-state index in [0.717, 1.165) is 5.56 Å². The van der Waals surface area contributed by atoms with E-state index < -0.39 is 29.0 Å². The molecule has 2 aliphatic heterocycles. The molecule has 23 heavy (non-hydrogen) atoms. The number of carboxylic acids is 1. The summed E-state index contributed by atoms with van der Waals surface area (Å²) in [7, 11) is 0. The van der Waals surface area contributed by atoms with Gasteiger partial charge in [0.05, 0.1) is 23.0 Å². The minimum atomic E-state index is -0.973. The molecule has 4 atom stereocenters. The summed E-state index contributed by atoms with van der Waals surface area (Å²) in [4.78, 5) is 24.4. The molecule has 124 valence electrons. The quantitative estimate of drug-likeness (QED) is 0.885. The number of aliphatic carboxylic acids is 1. The first-order chi connectivity index (χ1) is 10.8. The van der Waals surface area contributed by atoms with Crippen LogP contribution in [0.2, 0.25) is 5.02 Å². The van der Waals surface area contributed by atoms with Crippen molar-refractivity contribution in [2.24, 2.45) is 11.8 Å². The van der Waals surface area contributed by atoms with E-state index in [9.17, 15) is 14.7 Å². The molecular formula is C17H20ClNO4. The number of nitrogens with one attached hydrogen (secondary N) is 1. The predicted octanol–water partition coefficient (Wildman–Crippen LogP) is 2.61. The molecule has 0 saturated carbocycles. The SMILES string of the molecule is CC12CCC(C)(O1)C(C(=O)NCc1cccc(Cl)c1)C2C(=O)O. The number of carbonyl (C=O) groups is 2. The van der Waals surface area contributed by atoms with Crippen molar-refractivity contribution in [3.05, 3.63) is 34.9 Å². The van der Waals surface area contributed by atoms with Crippen molar-refractivity contribution in [1.82, 2.24) is 5.32 Å². The van der Waals surface area contributed by atoms with Gasteiger partial charge in [-0.25, -0.2) is 0 Å². The highest BCUT2D eigenvalue weighted by molar-refractivity contribution is 6.30. The van der Waals surface area contributed by atoms with Crippen molar-refractivity contribution < 1.29 is 19.4 Å². The van der Waals surface area contributed by atoms with E-state index in [1.165, 1.54) is 0 Å². The van der Waals surface area contributed by atoms with Gasteiger partial charge >= 0.3 is 5.97 Å². The van der Waals surface area contributed by atoms with Gasteiger partial charge in [0, 0.05) is 11.6 Å². The van der Waals surface area contributed by atoms with Crippen molar-refractivity contribution in [1.29, 1.82) is 0 Å². The Morgan fingerprint density at radius 3 is 2.57 bits per heavy atom. The van der Waals surface area contributed by atoms with Gasteiger partial charge in [-0.15, -0.1) is 0 Å². The van der Waals surface area contributed by atoms with Crippen molar-refractivity contribution >= 4 is 23.5 Å². The lowest BCUT2D eigenvalue weighted by atomic mass is 9.67. The lowest BCUT2D eigenvalue weighted by molar-refractivity contribution is -0.150. The van der Waals surface area contributed by atoms with Crippen LogP contribution in [0.1, 0.15) is 32.3 Å². The van der Waals surface area contributed by atoms with Gasteiger partial charge in [0.15, 0.2) is 0 Å². The van der Waals surface area contributed by atoms with Crippen LogP contribution in [0, 0.1) is 11.8 Å². The van der Waals surface area contributed by atoms with Gasteiger partial charge in [-0.05, 0) is 44.4 Å². The molecule has 2 heterocycles. The average Bonchev–Trinajstić information content (AvgIpc) is 2.90. The molecule has 0 radical (unpaired) electrons. The van der Waals surface area contributed by atoms with Gasteiger partial charge in [0.1, 0.15) is 0 Å². The second kappa shape index (κ2) is 5.49. The summed E-state index contributed by atoms with van der Waals surface area (Å²) < 4.78 is 5.96. The van der Waals surface area contributed by atoms with Crippen LogP contribution in [-0.4, -0.2) is 28.2 Å². The molecular weight excluding hydrogens is 318 g/mol. The first-order valence-corrected chi connectivity index (χ1v) is 8.08. The Balaban J connectivity index is 1.77. The predicted molar refractivity (Wildman–Crippen MR) is 85.0 cm³/mol. The minimum Gasteiger partial charge on any atom is -0.481 e. The number of hydrogen-bond acceptors (Lipinski definition) is 3. The second-order valence-electron chi connectivity index (χ2n) is 6.87. The van der Waals surface area contributed by atoms with Gasteiger partial charge in [-0.2, -0.15) is 0 Å². The van der Waals surface area contributed by atoms with E-state index in [1.807, 2.05) is 19.1 Å². The topological polar surface area (TPSA) is 75.6 Å². The molecule has 1 amide bonds. The monoisotopic (exact) mass is 337 g/mol. The number of rotatable bonds is 4. The highest BCUT2D eigenvalue weighted by Crippen LogP contribution is 2.57. The third-order valence-corrected chi connectivity index (χ3v) is 5.37. The Hall–Kier alpha value is -1.59. The molecule has 0 aromatic heterocycles. The summed E-state index contributed by atoms with van der Waals surface area (Å²) in [5.41, 5.74) is -0.604. The van der Waals surface area contributed by atoms with E-state index >= 15 is 0 Å². The molecule has 2 aliphatic rings. The first-order valence-electron chi connectivity index (χ1n) is 7.70. The molecule has 1 aromatic rings. The Morgan fingerprint density at radius 2 is 1.96 bits per heavy atom. The Kier molecular flexibility index (Phi) is 3.89. The van der Waals surface area contributed by atoms with E-state index in [-0.39, 0.29) is 5.91 Å². The van der Waals surface area contributed by atoms with Crippen LogP contribution in [0.5, 0.6) is 0 Å². The molecule has 2 saturated heterocycles. The van der Waals surface area contributed by atoms with Crippen molar-refractivity contribution in [3.8, 4) is 0 Å².